The van der Waals surface area contributed by atoms with Crippen LogP contribution in [0.25, 0.3) is 0 Å². The van der Waals surface area contributed by atoms with E-state index in [0.29, 0.717) is 11.1 Å². The summed E-state index contributed by atoms with van der Waals surface area (Å²) < 4.78 is 0. The molecule has 0 atom stereocenters. The molecule has 5 rings (SSSR count). The number of carbonyl (C=O) groups excluding carboxylic acids is 2. The van der Waals surface area contributed by atoms with Crippen molar-refractivity contribution in [2.45, 2.75) is 31.8 Å². The summed E-state index contributed by atoms with van der Waals surface area (Å²) in [6.45, 7) is 2.49. The van der Waals surface area contributed by atoms with Gasteiger partial charge in [0.15, 0.2) is 0 Å². The highest BCUT2D eigenvalue weighted by molar-refractivity contribution is 6.06. The molecule has 7 heteroatoms. The van der Waals surface area contributed by atoms with Crippen LogP contribution >= 0.6 is 0 Å². The number of aromatic nitrogens is 1. The lowest BCUT2D eigenvalue weighted by atomic mass is 9.99. The van der Waals surface area contributed by atoms with Gasteiger partial charge in [-0.15, -0.1) is 0 Å². The van der Waals surface area contributed by atoms with Gasteiger partial charge in [-0.1, -0.05) is 54.6 Å². The quantitative estimate of drug-likeness (QED) is 0.348. The van der Waals surface area contributed by atoms with Crippen molar-refractivity contribution in [3.05, 3.63) is 131 Å². The van der Waals surface area contributed by atoms with E-state index >= 15 is 0 Å². The van der Waals surface area contributed by atoms with Crippen molar-refractivity contribution in [3.8, 4) is 6.07 Å². The summed E-state index contributed by atoms with van der Waals surface area (Å²) in [5.74, 6) is -0.773. The number of rotatable bonds is 8. The molecule has 7 nitrogen and oxygen atoms in total. The van der Waals surface area contributed by atoms with Gasteiger partial charge in [0.05, 0.1) is 17.2 Å². The van der Waals surface area contributed by atoms with Crippen LogP contribution in [0.4, 0.5) is 5.69 Å². The van der Waals surface area contributed by atoms with Crippen molar-refractivity contribution in [3.63, 3.8) is 0 Å². The number of hydrogen-bond donors (Lipinski definition) is 1. The van der Waals surface area contributed by atoms with Crippen LogP contribution in [0.15, 0.2) is 97.2 Å². The van der Waals surface area contributed by atoms with Gasteiger partial charge in [-0.05, 0) is 72.4 Å². The maximum absolute atomic E-state index is 14.0. The monoisotopic (exact) mass is 529 g/mol. The largest absolute Gasteiger partial charge is 0.364 e. The Bertz CT molecular complexity index is 1500. The molecule has 1 aromatic heterocycles. The van der Waals surface area contributed by atoms with Crippen molar-refractivity contribution in [1.82, 2.24) is 9.88 Å². The van der Waals surface area contributed by atoms with E-state index in [0.717, 1.165) is 50.1 Å². The van der Waals surface area contributed by atoms with Crippen LogP contribution < -0.4 is 10.6 Å². The topological polar surface area (TPSA) is 103 Å². The summed E-state index contributed by atoms with van der Waals surface area (Å²) in [7, 11) is 0. The van der Waals surface area contributed by atoms with Gasteiger partial charge in [0.2, 0.25) is 0 Å². The van der Waals surface area contributed by atoms with Crippen LogP contribution in [0, 0.1) is 11.3 Å². The Morgan fingerprint density at radius 3 is 2.27 bits per heavy atom. The van der Waals surface area contributed by atoms with Gasteiger partial charge in [0.1, 0.15) is 5.69 Å². The minimum absolute atomic E-state index is 0.00695. The van der Waals surface area contributed by atoms with E-state index in [4.69, 9.17) is 11.0 Å². The van der Waals surface area contributed by atoms with Crippen LogP contribution in [0.2, 0.25) is 0 Å². The number of carbonyl (C=O) groups is 2. The number of nitrogens with zero attached hydrogens (tertiary/aromatic N) is 4. The number of hydrogen-bond acceptors (Lipinski definition) is 5. The molecule has 0 saturated carbocycles. The minimum atomic E-state index is -0.626. The Morgan fingerprint density at radius 1 is 0.900 bits per heavy atom. The third-order valence-corrected chi connectivity index (χ3v) is 7.33. The predicted octanol–water partition coefficient (Wildman–Crippen LogP) is 4.95. The summed E-state index contributed by atoms with van der Waals surface area (Å²) in [4.78, 5) is 33.9. The second-order valence-corrected chi connectivity index (χ2v) is 10.1. The molecule has 1 aliphatic rings. The molecule has 200 valence electrons. The molecule has 1 aliphatic heterocycles. The molecular weight excluding hydrogens is 498 g/mol. The van der Waals surface area contributed by atoms with Crippen LogP contribution in [0.3, 0.4) is 0 Å². The molecule has 3 aromatic carbocycles. The smallest absolute Gasteiger partial charge is 0.267 e. The number of nitriles is 1. The zero-order valence-corrected chi connectivity index (χ0v) is 22.2. The first-order valence-corrected chi connectivity index (χ1v) is 13.4. The van der Waals surface area contributed by atoms with Crippen molar-refractivity contribution < 1.29 is 9.59 Å². The molecule has 0 unspecified atom stereocenters. The Morgan fingerprint density at radius 2 is 1.62 bits per heavy atom. The molecule has 0 aliphatic carbocycles. The van der Waals surface area contributed by atoms with Gasteiger partial charge < -0.3 is 10.6 Å². The summed E-state index contributed by atoms with van der Waals surface area (Å²) in [6, 6.07) is 31.4. The van der Waals surface area contributed by atoms with Crippen molar-refractivity contribution >= 4 is 17.5 Å². The lowest BCUT2D eigenvalue weighted by Gasteiger charge is -2.39. The number of likely N-dealkylation sites (tertiary alicyclic amines) is 1. The number of nitrogens with two attached hydrogens (primary N) is 1. The molecule has 2 amide bonds. The SMILES string of the molecule is N#Cc1ccc(CN2CCC(N(C(=O)c3ccc(C(N)=O)nc3)c3cccc(Cc4ccccc4)c3)CC2)cc1. The van der Waals surface area contributed by atoms with E-state index in [2.05, 4.69) is 40.2 Å². The Kier molecular flexibility index (Phi) is 8.29. The number of benzene rings is 3. The van der Waals surface area contributed by atoms with Crippen molar-refractivity contribution in [1.29, 1.82) is 5.26 Å². The molecule has 0 radical (unpaired) electrons. The predicted molar refractivity (Wildman–Crippen MR) is 155 cm³/mol. The fourth-order valence-corrected chi connectivity index (χ4v) is 5.23. The fourth-order valence-electron chi connectivity index (χ4n) is 5.23. The maximum Gasteiger partial charge on any atom is 0.267 e. The normalized spacial score (nSPS) is 13.9. The first kappa shape index (κ1) is 26.8. The molecule has 2 N–H and O–H groups in total. The van der Waals surface area contributed by atoms with Crippen LogP contribution in [-0.2, 0) is 13.0 Å². The Hall–Kier alpha value is -4.80. The van der Waals surface area contributed by atoms with Crippen molar-refractivity contribution in [2.75, 3.05) is 18.0 Å². The van der Waals surface area contributed by atoms with E-state index in [1.165, 1.54) is 23.4 Å². The number of primary amides is 1. The molecule has 2 heterocycles. The second kappa shape index (κ2) is 12.4. The molecule has 0 bridgehead atoms. The van der Waals surface area contributed by atoms with Gasteiger partial charge in [-0.3, -0.25) is 19.5 Å². The third kappa shape index (κ3) is 6.42. The molecule has 1 fully saturated rings. The highest BCUT2D eigenvalue weighted by Crippen LogP contribution is 2.28. The standard InChI is InChI=1S/C33H31N5O2/c34-21-25-9-11-26(12-10-25)23-37-17-15-29(16-18-37)38(33(40)28-13-14-31(32(35)39)36-22-28)30-8-4-7-27(20-30)19-24-5-2-1-3-6-24/h1-14,20,22,29H,15-19,23H2,(H2,35,39). The van der Waals surface area contributed by atoms with E-state index < -0.39 is 5.91 Å². The van der Waals surface area contributed by atoms with Crippen LogP contribution in [0.1, 0.15) is 55.9 Å². The van der Waals surface area contributed by atoms with Crippen LogP contribution in [-0.4, -0.2) is 40.8 Å². The lowest BCUT2D eigenvalue weighted by molar-refractivity contribution is 0.0954. The average molecular weight is 530 g/mol. The number of anilines is 1. The number of piperidine rings is 1. The molecule has 40 heavy (non-hydrogen) atoms. The van der Waals surface area contributed by atoms with Crippen molar-refractivity contribution in [2.24, 2.45) is 5.73 Å². The Labute approximate surface area is 234 Å². The third-order valence-electron chi connectivity index (χ3n) is 7.33. The molecular formula is C33H31N5O2. The zero-order chi connectivity index (χ0) is 27.9. The minimum Gasteiger partial charge on any atom is -0.364 e. The molecule has 0 spiro atoms. The lowest BCUT2D eigenvalue weighted by Crippen LogP contribution is -2.47. The van der Waals surface area contributed by atoms with Gasteiger partial charge >= 0.3 is 0 Å². The highest BCUT2D eigenvalue weighted by atomic mass is 16.2. The van der Waals surface area contributed by atoms with E-state index in [1.54, 1.807) is 6.07 Å². The van der Waals surface area contributed by atoms with E-state index in [-0.39, 0.29) is 17.6 Å². The number of amides is 2. The summed E-state index contributed by atoms with van der Waals surface area (Å²) in [5.41, 5.74) is 10.9. The maximum atomic E-state index is 14.0. The number of pyridine rings is 1. The summed E-state index contributed by atoms with van der Waals surface area (Å²) in [6.07, 6.45) is 3.84. The first-order valence-electron chi connectivity index (χ1n) is 13.4. The van der Waals surface area contributed by atoms with Gasteiger partial charge in [0, 0.05) is 37.6 Å². The molecule has 4 aromatic rings. The van der Waals surface area contributed by atoms with E-state index in [9.17, 15) is 9.59 Å². The van der Waals surface area contributed by atoms with Gasteiger partial charge in [0.25, 0.3) is 11.8 Å². The second-order valence-electron chi connectivity index (χ2n) is 10.1. The zero-order valence-electron chi connectivity index (χ0n) is 22.2. The van der Waals surface area contributed by atoms with E-state index in [1.807, 2.05) is 59.5 Å². The fraction of sp³-hybridized carbons (Fsp3) is 0.212. The van der Waals surface area contributed by atoms with Crippen LogP contribution in [0.5, 0.6) is 0 Å². The highest BCUT2D eigenvalue weighted by Gasteiger charge is 2.30. The summed E-state index contributed by atoms with van der Waals surface area (Å²) >= 11 is 0. The van der Waals surface area contributed by atoms with Gasteiger partial charge in [-0.2, -0.15) is 5.26 Å². The molecule has 1 saturated heterocycles. The first-order chi connectivity index (χ1) is 19.5. The average Bonchev–Trinajstić information content (AvgIpc) is 2.99. The van der Waals surface area contributed by atoms with Gasteiger partial charge in [-0.25, -0.2) is 0 Å². The Balaban J connectivity index is 1.37. The summed E-state index contributed by atoms with van der Waals surface area (Å²) in [5, 5.41) is 9.06.